The average Bonchev–Trinajstić information content (AvgIpc) is 2.42. The maximum absolute atomic E-state index is 14.1. The normalized spacial score (nSPS) is 33.4. The van der Waals surface area contributed by atoms with Gasteiger partial charge in [-0.25, -0.2) is 9.37 Å². The van der Waals surface area contributed by atoms with E-state index in [1.807, 2.05) is 0 Å². The van der Waals surface area contributed by atoms with Crippen LogP contribution >= 0.6 is 27.5 Å². The fourth-order valence-corrected chi connectivity index (χ4v) is 3.65. The molecule has 0 saturated heterocycles. The number of pyridine rings is 1. The van der Waals surface area contributed by atoms with E-state index in [1.54, 1.807) is 12.3 Å². The molecular formula is C14H16BrClFNO. The highest BCUT2D eigenvalue weighted by molar-refractivity contribution is 9.10. The van der Waals surface area contributed by atoms with Crippen LogP contribution in [0.2, 0.25) is 5.15 Å². The number of alkyl halides is 1. The predicted molar refractivity (Wildman–Crippen MR) is 76.4 cm³/mol. The Morgan fingerprint density at radius 3 is 2.53 bits per heavy atom. The van der Waals surface area contributed by atoms with Gasteiger partial charge in [-0.1, -0.05) is 11.6 Å². The van der Waals surface area contributed by atoms with E-state index < -0.39 is 5.67 Å². The van der Waals surface area contributed by atoms with Gasteiger partial charge in [0.2, 0.25) is 0 Å². The van der Waals surface area contributed by atoms with Gasteiger partial charge in [0.25, 0.3) is 0 Å². The topological polar surface area (TPSA) is 22.1 Å². The molecule has 0 spiro atoms. The molecule has 0 N–H and O–H groups in total. The molecule has 2 bridgehead atoms. The van der Waals surface area contributed by atoms with E-state index in [0.29, 0.717) is 31.0 Å². The van der Waals surface area contributed by atoms with Crippen molar-refractivity contribution in [2.24, 2.45) is 5.41 Å². The van der Waals surface area contributed by atoms with Crippen LogP contribution < -0.4 is 4.74 Å². The summed E-state index contributed by atoms with van der Waals surface area (Å²) in [6.07, 6.45) is 6.50. The fourth-order valence-electron chi connectivity index (χ4n) is 3.17. The van der Waals surface area contributed by atoms with Crippen molar-refractivity contribution in [2.45, 2.75) is 44.2 Å². The molecule has 0 amide bonds. The van der Waals surface area contributed by atoms with Crippen molar-refractivity contribution in [1.29, 1.82) is 0 Å². The summed E-state index contributed by atoms with van der Waals surface area (Å²) in [5, 5.41) is 0.422. The largest absolute Gasteiger partial charge is 0.492 e. The Morgan fingerprint density at radius 2 is 1.89 bits per heavy atom. The summed E-state index contributed by atoms with van der Waals surface area (Å²) < 4.78 is 20.8. The highest BCUT2D eigenvalue weighted by atomic mass is 79.9. The zero-order valence-electron chi connectivity index (χ0n) is 10.6. The molecule has 0 aliphatic heterocycles. The van der Waals surface area contributed by atoms with Crippen molar-refractivity contribution in [1.82, 2.24) is 4.98 Å². The number of aromatic nitrogens is 1. The molecule has 1 aromatic rings. The number of halogens is 3. The first-order chi connectivity index (χ1) is 9.00. The maximum atomic E-state index is 14.1. The summed E-state index contributed by atoms with van der Waals surface area (Å²) in [6.45, 7) is 0.641. The molecule has 1 heterocycles. The lowest BCUT2D eigenvalue weighted by Crippen LogP contribution is -2.46. The zero-order chi connectivity index (χ0) is 13.5. The summed E-state index contributed by atoms with van der Waals surface area (Å²) in [5.74, 6) is 0.719. The van der Waals surface area contributed by atoms with E-state index >= 15 is 0 Å². The summed E-state index contributed by atoms with van der Waals surface area (Å²) in [6, 6.07) is 1.72. The van der Waals surface area contributed by atoms with E-state index in [-0.39, 0.29) is 5.41 Å². The van der Waals surface area contributed by atoms with Crippen molar-refractivity contribution in [3.05, 3.63) is 21.9 Å². The molecule has 3 saturated carbocycles. The van der Waals surface area contributed by atoms with Crippen molar-refractivity contribution in [3.63, 3.8) is 0 Å². The molecule has 0 atom stereocenters. The van der Waals surface area contributed by atoms with Crippen LogP contribution in [-0.4, -0.2) is 17.3 Å². The highest BCUT2D eigenvalue weighted by Crippen LogP contribution is 2.54. The Labute approximate surface area is 125 Å². The molecular weight excluding hydrogens is 333 g/mol. The van der Waals surface area contributed by atoms with Crippen LogP contribution in [0.3, 0.4) is 0 Å². The van der Waals surface area contributed by atoms with Crippen molar-refractivity contribution in [2.75, 3.05) is 6.61 Å². The maximum Gasteiger partial charge on any atom is 0.138 e. The van der Waals surface area contributed by atoms with Gasteiger partial charge in [0.05, 0.1) is 11.1 Å². The number of rotatable bonds is 3. The van der Waals surface area contributed by atoms with E-state index in [0.717, 1.165) is 29.5 Å². The Balaban J connectivity index is 1.68. The minimum atomic E-state index is -0.887. The zero-order valence-corrected chi connectivity index (χ0v) is 12.9. The van der Waals surface area contributed by atoms with Gasteiger partial charge in [-0.3, -0.25) is 0 Å². The van der Waals surface area contributed by atoms with Gasteiger partial charge < -0.3 is 4.74 Å². The van der Waals surface area contributed by atoms with Crippen molar-refractivity contribution >= 4 is 27.5 Å². The van der Waals surface area contributed by atoms with Crippen LogP contribution in [0.15, 0.2) is 16.7 Å². The lowest BCUT2D eigenvalue weighted by molar-refractivity contribution is -0.0548. The Hall–Kier alpha value is -0.350. The standard InChI is InChI=1S/C14H16BrClFNO/c15-10-8-18-12(16)7-11(10)19-9-13-1-4-14(17,5-2-13)6-3-13/h7-8H,1-6,9H2. The lowest BCUT2D eigenvalue weighted by atomic mass is 9.60. The monoisotopic (exact) mass is 347 g/mol. The van der Waals surface area contributed by atoms with Crippen LogP contribution in [0.5, 0.6) is 5.75 Å². The van der Waals surface area contributed by atoms with E-state index in [2.05, 4.69) is 20.9 Å². The smallest absolute Gasteiger partial charge is 0.138 e. The van der Waals surface area contributed by atoms with E-state index in [9.17, 15) is 4.39 Å². The van der Waals surface area contributed by atoms with Crippen molar-refractivity contribution < 1.29 is 9.13 Å². The minimum absolute atomic E-state index is 0.156. The van der Waals surface area contributed by atoms with Crippen molar-refractivity contribution in [3.8, 4) is 5.75 Å². The van der Waals surface area contributed by atoms with Crippen LogP contribution in [0.1, 0.15) is 38.5 Å². The van der Waals surface area contributed by atoms with Gasteiger partial charge in [0.1, 0.15) is 16.6 Å². The first kappa shape index (κ1) is 13.6. The quantitative estimate of drug-likeness (QED) is 0.722. The predicted octanol–water partition coefficient (Wildman–Crippen LogP) is 4.94. The number of fused-ring (bicyclic) bond motifs is 3. The second-order valence-corrected chi connectivity index (χ2v) is 7.12. The molecule has 2 nitrogen and oxygen atoms in total. The second kappa shape index (κ2) is 4.88. The van der Waals surface area contributed by atoms with Gasteiger partial charge >= 0.3 is 0 Å². The first-order valence-corrected chi connectivity index (χ1v) is 7.80. The Morgan fingerprint density at radius 1 is 1.26 bits per heavy atom. The molecule has 1 aromatic heterocycles. The lowest BCUT2D eigenvalue weighted by Gasteiger charge is -2.49. The number of hydrogen-bond donors (Lipinski definition) is 0. The number of nitrogens with zero attached hydrogens (tertiary/aromatic N) is 1. The third kappa shape index (κ3) is 2.75. The molecule has 0 unspecified atom stereocenters. The highest BCUT2D eigenvalue weighted by Gasteiger charge is 2.49. The van der Waals surface area contributed by atoms with Gasteiger partial charge in [-0.05, 0) is 54.5 Å². The Bertz CT molecular complexity index is 472. The van der Waals surface area contributed by atoms with E-state index in [4.69, 9.17) is 16.3 Å². The second-order valence-electron chi connectivity index (χ2n) is 5.88. The van der Waals surface area contributed by atoms with Gasteiger partial charge in [0, 0.05) is 17.7 Å². The molecule has 104 valence electrons. The van der Waals surface area contributed by atoms with Crippen LogP contribution in [0.25, 0.3) is 0 Å². The molecule has 3 aliphatic rings. The van der Waals surface area contributed by atoms with Gasteiger partial charge in [-0.15, -0.1) is 0 Å². The van der Waals surface area contributed by atoms with Gasteiger partial charge in [0.15, 0.2) is 0 Å². The summed E-state index contributed by atoms with van der Waals surface area (Å²) >= 11 is 9.28. The molecule has 4 rings (SSSR count). The molecule has 0 aromatic carbocycles. The van der Waals surface area contributed by atoms with Crippen LogP contribution in [-0.2, 0) is 0 Å². The van der Waals surface area contributed by atoms with Gasteiger partial charge in [-0.2, -0.15) is 0 Å². The SMILES string of the molecule is FC12CCC(COc3cc(Cl)ncc3Br)(CC1)CC2. The number of ether oxygens (including phenoxy) is 1. The molecule has 5 heteroatoms. The summed E-state index contributed by atoms with van der Waals surface area (Å²) in [5.41, 5.74) is -0.731. The van der Waals surface area contributed by atoms with Crippen LogP contribution in [0, 0.1) is 5.41 Å². The minimum Gasteiger partial charge on any atom is -0.492 e. The van der Waals surface area contributed by atoms with E-state index in [1.165, 1.54) is 0 Å². The molecule has 0 radical (unpaired) electrons. The molecule has 3 fully saturated rings. The molecule has 19 heavy (non-hydrogen) atoms. The number of hydrogen-bond acceptors (Lipinski definition) is 2. The van der Waals surface area contributed by atoms with Crippen LogP contribution in [0.4, 0.5) is 4.39 Å². The third-order valence-corrected chi connectivity index (χ3v) is 5.43. The summed E-state index contributed by atoms with van der Waals surface area (Å²) in [7, 11) is 0. The first-order valence-electron chi connectivity index (χ1n) is 6.63. The Kier molecular flexibility index (Phi) is 3.50. The summed E-state index contributed by atoms with van der Waals surface area (Å²) in [4.78, 5) is 3.98. The average molecular weight is 349 g/mol. The third-order valence-electron chi connectivity index (χ3n) is 4.63. The fraction of sp³-hybridized carbons (Fsp3) is 0.643. The molecule has 3 aliphatic carbocycles.